The monoisotopic (exact) mass is 550 g/mol. The van der Waals surface area contributed by atoms with E-state index >= 15 is 0 Å². The number of esters is 1. The van der Waals surface area contributed by atoms with Crippen molar-refractivity contribution in [1.29, 1.82) is 0 Å². The lowest BCUT2D eigenvalue weighted by molar-refractivity contribution is 0.00920. The van der Waals surface area contributed by atoms with Crippen LogP contribution in [0, 0.1) is 0 Å². The molecule has 0 bridgehead atoms. The zero-order chi connectivity index (χ0) is 27.5. The Kier molecular flexibility index (Phi) is 7.97. The molecule has 1 fully saturated rings. The number of aromatic nitrogens is 4. The largest absolute Gasteiger partial charge is 0.456 e. The van der Waals surface area contributed by atoms with E-state index in [2.05, 4.69) is 14.8 Å². The van der Waals surface area contributed by atoms with E-state index in [1.165, 1.54) is 17.9 Å². The van der Waals surface area contributed by atoms with Crippen LogP contribution in [0.1, 0.15) is 15.9 Å². The smallest absolute Gasteiger partial charge is 0.338 e. The van der Waals surface area contributed by atoms with Crippen molar-refractivity contribution >= 4 is 28.7 Å². The van der Waals surface area contributed by atoms with Crippen LogP contribution in [0.15, 0.2) is 70.5 Å². The number of piperazine rings is 1. The van der Waals surface area contributed by atoms with Gasteiger partial charge in [0.25, 0.3) is 5.56 Å². The number of carbonyl (C=O) groups is 1. The zero-order valence-electron chi connectivity index (χ0n) is 22.0. The molecule has 2 aromatic heterocycles. The van der Waals surface area contributed by atoms with Gasteiger partial charge in [0.15, 0.2) is 11.2 Å². The minimum absolute atomic E-state index is 0.225. The van der Waals surface area contributed by atoms with Crippen LogP contribution < -0.4 is 11.2 Å². The Bertz CT molecular complexity index is 1590. The number of ether oxygens (including phenoxy) is 1. The number of nitrogens with zero attached hydrogens (tertiary/aromatic N) is 6. The van der Waals surface area contributed by atoms with Crippen molar-refractivity contribution < 1.29 is 9.53 Å². The summed E-state index contributed by atoms with van der Waals surface area (Å²) in [6, 6.07) is 16.7. The predicted molar refractivity (Wildman–Crippen MR) is 149 cm³/mol. The molecule has 5 rings (SSSR count). The van der Waals surface area contributed by atoms with Crippen LogP contribution >= 0.6 is 11.6 Å². The molecule has 10 nitrogen and oxygen atoms in total. The van der Waals surface area contributed by atoms with Gasteiger partial charge in [0.2, 0.25) is 0 Å². The number of hydrogen-bond donors (Lipinski definition) is 0. The van der Waals surface area contributed by atoms with Gasteiger partial charge in [-0.1, -0.05) is 48.0 Å². The summed E-state index contributed by atoms with van der Waals surface area (Å²) in [4.78, 5) is 47.2. The Morgan fingerprint density at radius 2 is 1.59 bits per heavy atom. The maximum absolute atomic E-state index is 13.0. The van der Waals surface area contributed by atoms with E-state index in [-0.39, 0.29) is 6.54 Å². The SMILES string of the molecule is Cn1c(=O)c2c(ncn2CC(CN2CCN(Cc3ccccc3Cl)CC2)OC(=O)c2ccccc2)n(C)c1=O. The fraction of sp³-hybridized carbons (Fsp3) is 0.357. The van der Waals surface area contributed by atoms with Gasteiger partial charge in [-0.3, -0.25) is 23.7 Å². The lowest BCUT2D eigenvalue weighted by Crippen LogP contribution is -2.49. The lowest BCUT2D eigenvalue weighted by atomic mass is 10.2. The maximum atomic E-state index is 13.0. The lowest BCUT2D eigenvalue weighted by Gasteiger charge is -2.36. The van der Waals surface area contributed by atoms with Gasteiger partial charge < -0.3 is 9.30 Å². The van der Waals surface area contributed by atoms with Crippen molar-refractivity contribution in [2.45, 2.75) is 19.2 Å². The molecular weight excluding hydrogens is 520 g/mol. The predicted octanol–water partition coefficient (Wildman–Crippen LogP) is 2.13. The first-order valence-electron chi connectivity index (χ1n) is 12.9. The molecule has 1 unspecified atom stereocenters. The number of fused-ring (bicyclic) bond motifs is 1. The first-order valence-corrected chi connectivity index (χ1v) is 13.2. The zero-order valence-corrected chi connectivity index (χ0v) is 22.8. The summed E-state index contributed by atoms with van der Waals surface area (Å²) in [6.07, 6.45) is 0.975. The Labute approximate surface area is 230 Å². The van der Waals surface area contributed by atoms with Crippen LogP contribution in [-0.4, -0.2) is 73.3 Å². The van der Waals surface area contributed by atoms with Crippen molar-refractivity contribution in [3.63, 3.8) is 0 Å². The quantitative estimate of drug-likeness (QED) is 0.310. The minimum Gasteiger partial charge on any atom is -0.456 e. The van der Waals surface area contributed by atoms with E-state index in [1.54, 1.807) is 35.9 Å². The number of halogens is 1. The third kappa shape index (κ3) is 5.83. The Balaban J connectivity index is 1.33. The van der Waals surface area contributed by atoms with Crippen LogP contribution in [0.2, 0.25) is 5.02 Å². The van der Waals surface area contributed by atoms with Gasteiger partial charge in [-0.2, -0.15) is 0 Å². The molecule has 1 atom stereocenters. The van der Waals surface area contributed by atoms with Gasteiger partial charge in [-0.05, 0) is 23.8 Å². The highest BCUT2D eigenvalue weighted by Crippen LogP contribution is 2.18. The molecule has 0 radical (unpaired) electrons. The Morgan fingerprint density at radius 1 is 0.923 bits per heavy atom. The first-order chi connectivity index (χ1) is 18.8. The second kappa shape index (κ2) is 11.6. The number of benzene rings is 2. The van der Waals surface area contributed by atoms with E-state index < -0.39 is 23.3 Å². The summed E-state index contributed by atoms with van der Waals surface area (Å²) < 4.78 is 10.1. The Morgan fingerprint density at radius 3 is 2.31 bits per heavy atom. The number of aryl methyl sites for hydroxylation is 1. The van der Waals surface area contributed by atoms with E-state index in [4.69, 9.17) is 16.3 Å². The summed E-state index contributed by atoms with van der Waals surface area (Å²) in [7, 11) is 3.02. The van der Waals surface area contributed by atoms with Crippen LogP contribution in [0.5, 0.6) is 0 Å². The van der Waals surface area contributed by atoms with E-state index in [9.17, 15) is 14.4 Å². The molecule has 3 heterocycles. The number of hydrogen-bond acceptors (Lipinski definition) is 7. The summed E-state index contributed by atoms with van der Waals surface area (Å²) >= 11 is 6.35. The van der Waals surface area contributed by atoms with Crippen molar-refractivity contribution in [2.24, 2.45) is 14.1 Å². The van der Waals surface area contributed by atoms with Crippen molar-refractivity contribution in [3.8, 4) is 0 Å². The molecule has 2 aromatic carbocycles. The van der Waals surface area contributed by atoms with E-state index in [1.807, 2.05) is 30.3 Å². The van der Waals surface area contributed by atoms with E-state index in [0.29, 0.717) is 23.3 Å². The molecule has 0 amide bonds. The molecule has 204 valence electrons. The standard InChI is InChI=1S/C28H31ClN6O4/c1-31-25-24(26(36)32(2)28(31)38)35(19-30-25)18-22(39-27(37)20-8-4-3-5-9-20)17-34-14-12-33(13-15-34)16-21-10-6-7-11-23(21)29/h3-11,19,22H,12-18H2,1-2H3. The van der Waals surface area contributed by atoms with Gasteiger partial charge in [0, 0.05) is 58.4 Å². The first kappa shape index (κ1) is 26.9. The van der Waals surface area contributed by atoms with Crippen molar-refractivity contribution in [2.75, 3.05) is 32.7 Å². The number of imidazole rings is 1. The average molecular weight is 551 g/mol. The molecule has 0 saturated carbocycles. The fourth-order valence-electron chi connectivity index (χ4n) is 4.97. The summed E-state index contributed by atoms with van der Waals surface area (Å²) in [5.74, 6) is -0.428. The highest BCUT2D eigenvalue weighted by atomic mass is 35.5. The van der Waals surface area contributed by atoms with Crippen LogP contribution in [-0.2, 0) is 31.9 Å². The minimum atomic E-state index is -0.549. The van der Waals surface area contributed by atoms with Gasteiger partial charge in [0.1, 0.15) is 6.10 Å². The third-order valence-corrected chi connectivity index (χ3v) is 7.55. The van der Waals surface area contributed by atoms with Crippen molar-refractivity contribution in [3.05, 3.63) is 97.9 Å². The summed E-state index contributed by atoms with van der Waals surface area (Å²) in [6.45, 7) is 4.79. The Hall–Kier alpha value is -3.73. The topological polar surface area (TPSA) is 94.6 Å². The molecule has 11 heteroatoms. The molecule has 0 spiro atoms. The van der Waals surface area contributed by atoms with Crippen LogP contribution in [0.4, 0.5) is 0 Å². The fourth-order valence-corrected chi connectivity index (χ4v) is 5.16. The van der Waals surface area contributed by atoms with Gasteiger partial charge >= 0.3 is 11.7 Å². The molecule has 0 N–H and O–H groups in total. The summed E-state index contributed by atoms with van der Waals surface area (Å²) in [5.41, 5.74) is 1.27. The van der Waals surface area contributed by atoms with Gasteiger partial charge in [-0.15, -0.1) is 0 Å². The average Bonchev–Trinajstić information content (AvgIpc) is 3.37. The molecule has 1 aliphatic heterocycles. The van der Waals surface area contributed by atoms with Crippen LogP contribution in [0.25, 0.3) is 11.2 Å². The van der Waals surface area contributed by atoms with Gasteiger partial charge in [-0.25, -0.2) is 14.6 Å². The number of carbonyl (C=O) groups excluding carboxylic acids is 1. The van der Waals surface area contributed by atoms with Crippen LogP contribution in [0.3, 0.4) is 0 Å². The normalized spacial score (nSPS) is 15.5. The molecule has 39 heavy (non-hydrogen) atoms. The summed E-state index contributed by atoms with van der Waals surface area (Å²) in [5, 5.41) is 0.768. The van der Waals surface area contributed by atoms with Gasteiger partial charge in [0.05, 0.1) is 18.4 Å². The maximum Gasteiger partial charge on any atom is 0.338 e. The molecule has 1 aliphatic rings. The molecule has 0 aliphatic carbocycles. The second-order valence-electron chi connectivity index (χ2n) is 9.84. The second-order valence-corrected chi connectivity index (χ2v) is 10.2. The molecular formula is C28H31ClN6O4. The van der Waals surface area contributed by atoms with Crippen molar-refractivity contribution in [1.82, 2.24) is 28.5 Å². The molecule has 4 aromatic rings. The highest BCUT2D eigenvalue weighted by molar-refractivity contribution is 6.31. The number of rotatable bonds is 8. The highest BCUT2D eigenvalue weighted by Gasteiger charge is 2.25. The molecule has 1 saturated heterocycles. The third-order valence-electron chi connectivity index (χ3n) is 7.18. The van der Waals surface area contributed by atoms with E-state index in [0.717, 1.165) is 47.9 Å².